The number of rotatable bonds is 2. The molecule has 0 unspecified atom stereocenters. The van der Waals surface area contributed by atoms with Gasteiger partial charge in [-0.1, -0.05) is 48.5 Å². The average Bonchev–Trinajstić information content (AvgIpc) is 2.78. The summed E-state index contributed by atoms with van der Waals surface area (Å²) in [6.45, 7) is 2.11. The van der Waals surface area contributed by atoms with Crippen molar-refractivity contribution in [2.75, 3.05) is 26.2 Å². The molecule has 4 rings (SSSR count). The van der Waals surface area contributed by atoms with Crippen LogP contribution < -0.4 is 10.9 Å². The van der Waals surface area contributed by atoms with Gasteiger partial charge in [0.1, 0.15) is 0 Å². The summed E-state index contributed by atoms with van der Waals surface area (Å²) < 4.78 is 0. The smallest absolute Gasteiger partial charge is 0.341 e. The van der Waals surface area contributed by atoms with Crippen molar-refractivity contribution in [3.05, 3.63) is 60.2 Å². The predicted octanol–water partition coefficient (Wildman–Crippen LogP) is 2.92. The molecular formula is C21H21N5O2S. The Morgan fingerprint density at radius 1 is 0.966 bits per heavy atom. The van der Waals surface area contributed by atoms with Gasteiger partial charge in [0.15, 0.2) is 5.11 Å². The Kier molecular flexibility index (Phi) is 5.55. The molecule has 3 aromatic carbocycles. The highest BCUT2D eigenvalue weighted by molar-refractivity contribution is 7.80. The number of amides is 2. The van der Waals surface area contributed by atoms with Gasteiger partial charge in [-0.15, -0.1) is 0 Å². The highest BCUT2D eigenvalue weighted by Crippen LogP contribution is 2.27. The molecule has 0 aromatic heterocycles. The van der Waals surface area contributed by atoms with Crippen molar-refractivity contribution >= 4 is 51.1 Å². The number of nitrogens with one attached hydrogen (secondary N) is 2. The van der Waals surface area contributed by atoms with Crippen LogP contribution in [0.25, 0.3) is 21.5 Å². The molecule has 1 fully saturated rings. The van der Waals surface area contributed by atoms with Crippen LogP contribution in [0.5, 0.6) is 0 Å². The summed E-state index contributed by atoms with van der Waals surface area (Å²) in [7, 11) is 0. The molecule has 0 bridgehead atoms. The van der Waals surface area contributed by atoms with Gasteiger partial charge in [-0.05, 0) is 39.8 Å². The van der Waals surface area contributed by atoms with E-state index in [9.17, 15) is 4.79 Å². The Bertz CT molecular complexity index is 1040. The van der Waals surface area contributed by atoms with E-state index in [4.69, 9.17) is 17.4 Å². The molecule has 1 heterocycles. The molecule has 0 atom stereocenters. The third-order valence-corrected chi connectivity index (χ3v) is 5.47. The first-order chi connectivity index (χ1) is 14.2. The Balaban J connectivity index is 1.50. The minimum atomic E-state index is -0.496. The number of piperazine rings is 1. The van der Waals surface area contributed by atoms with Gasteiger partial charge in [0.25, 0.3) is 0 Å². The van der Waals surface area contributed by atoms with Crippen LogP contribution in [-0.2, 0) is 0 Å². The van der Waals surface area contributed by atoms with E-state index in [0.29, 0.717) is 31.3 Å². The summed E-state index contributed by atoms with van der Waals surface area (Å²) in [6.07, 6.45) is 1.81. The number of urea groups is 1. The summed E-state index contributed by atoms with van der Waals surface area (Å²) in [5.74, 6) is 0. The Morgan fingerprint density at radius 3 is 2.10 bits per heavy atom. The molecule has 0 spiro atoms. The number of thiocarbonyl (C=S) groups is 1. The number of hydrogen-bond donors (Lipinski definition) is 3. The van der Waals surface area contributed by atoms with Crippen molar-refractivity contribution in [1.82, 2.24) is 20.7 Å². The number of hydrogen-bond acceptors (Lipinski definition) is 4. The van der Waals surface area contributed by atoms with E-state index in [1.807, 2.05) is 35.4 Å². The molecule has 1 aliphatic rings. The van der Waals surface area contributed by atoms with Crippen molar-refractivity contribution in [1.29, 1.82) is 0 Å². The maximum atomic E-state index is 11.5. The Hall–Kier alpha value is -3.23. The molecule has 1 aliphatic heterocycles. The minimum Gasteiger partial charge on any atom is -0.344 e. The van der Waals surface area contributed by atoms with E-state index in [0.717, 1.165) is 27.1 Å². The van der Waals surface area contributed by atoms with Crippen LogP contribution >= 0.6 is 12.2 Å². The molecule has 8 heteroatoms. The van der Waals surface area contributed by atoms with Crippen LogP contribution in [0.3, 0.4) is 0 Å². The number of nitrogens with zero attached hydrogens (tertiary/aromatic N) is 3. The van der Waals surface area contributed by atoms with Crippen LogP contribution in [0.4, 0.5) is 4.79 Å². The zero-order chi connectivity index (χ0) is 20.2. The van der Waals surface area contributed by atoms with Crippen LogP contribution in [0.2, 0.25) is 0 Å². The van der Waals surface area contributed by atoms with Crippen LogP contribution in [0.1, 0.15) is 5.56 Å². The first-order valence-electron chi connectivity index (χ1n) is 9.35. The largest absolute Gasteiger partial charge is 0.344 e. The first kappa shape index (κ1) is 19.1. The van der Waals surface area contributed by atoms with E-state index in [-0.39, 0.29) is 0 Å². The Morgan fingerprint density at radius 2 is 1.52 bits per heavy atom. The molecule has 1 saturated heterocycles. The van der Waals surface area contributed by atoms with Crippen molar-refractivity contribution in [3.63, 3.8) is 0 Å². The van der Waals surface area contributed by atoms with Gasteiger partial charge >= 0.3 is 6.03 Å². The molecule has 148 valence electrons. The number of hydrazone groups is 1. The highest BCUT2D eigenvalue weighted by atomic mass is 32.1. The fourth-order valence-electron chi connectivity index (χ4n) is 3.59. The minimum absolute atomic E-state index is 0.478. The summed E-state index contributed by atoms with van der Waals surface area (Å²) in [4.78, 5) is 14.9. The molecule has 3 aromatic rings. The summed E-state index contributed by atoms with van der Waals surface area (Å²) in [5.41, 5.74) is 5.64. The quantitative estimate of drug-likeness (QED) is 0.200. The molecule has 2 amide bonds. The molecule has 0 saturated carbocycles. The van der Waals surface area contributed by atoms with Gasteiger partial charge in [0.05, 0.1) is 6.21 Å². The van der Waals surface area contributed by atoms with Crippen LogP contribution in [0, 0.1) is 0 Å². The van der Waals surface area contributed by atoms with E-state index >= 15 is 0 Å². The van der Waals surface area contributed by atoms with Crippen LogP contribution in [0.15, 0.2) is 59.7 Å². The van der Waals surface area contributed by atoms with Crippen molar-refractivity contribution in [2.24, 2.45) is 5.10 Å². The SMILES string of the molecule is O=C(NO)N1CCN(C(=S)N/N=C/c2c3ccccc3cc3ccccc23)CC1. The maximum absolute atomic E-state index is 11.5. The summed E-state index contributed by atoms with van der Waals surface area (Å²) in [5, 5.41) is 18.2. The number of benzene rings is 3. The first-order valence-corrected chi connectivity index (χ1v) is 9.75. The fourth-order valence-corrected chi connectivity index (χ4v) is 3.83. The predicted molar refractivity (Wildman–Crippen MR) is 118 cm³/mol. The van der Waals surface area contributed by atoms with E-state index in [1.165, 1.54) is 4.90 Å². The molecular weight excluding hydrogens is 386 g/mol. The summed E-state index contributed by atoms with van der Waals surface area (Å²) in [6, 6.07) is 18.2. The monoisotopic (exact) mass is 407 g/mol. The Labute approximate surface area is 173 Å². The third-order valence-electron chi connectivity index (χ3n) is 5.12. The third kappa shape index (κ3) is 3.98. The topological polar surface area (TPSA) is 80.2 Å². The molecule has 3 N–H and O–H groups in total. The molecule has 29 heavy (non-hydrogen) atoms. The van der Waals surface area contributed by atoms with Crippen LogP contribution in [-0.4, -0.2) is 58.5 Å². The second-order valence-electron chi connectivity index (χ2n) is 6.80. The van der Waals surface area contributed by atoms with E-state index < -0.39 is 6.03 Å². The second-order valence-corrected chi connectivity index (χ2v) is 7.19. The number of fused-ring (bicyclic) bond motifs is 2. The normalized spacial score (nSPS) is 14.5. The number of carbonyl (C=O) groups is 1. The van der Waals surface area contributed by atoms with Gasteiger partial charge in [0, 0.05) is 31.7 Å². The zero-order valence-electron chi connectivity index (χ0n) is 15.7. The molecule has 0 aliphatic carbocycles. The van der Waals surface area contributed by atoms with Crippen molar-refractivity contribution in [2.45, 2.75) is 0 Å². The highest BCUT2D eigenvalue weighted by Gasteiger charge is 2.21. The lowest BCUT2D eigenvalue weighted by atomic mass is 9.97. The van der Waals surface area contributed by atoms with Gasteiger partial charge in [-0.3, -0.25) is 10.6 Å². The van der Waals surface area contributed by atoms with Gasteiger partial charge in [0.2, 0.25) is 0 Å². The van der Waals surface area contributed by atoms with Crippen molar-refractivity contribution < 1.29 is 10.0 Å². The van der Waals surface area contributed by atoms with E-state index in [2.05, 4.69) is 40.9 Å². The standard InChI is InChI=1S/C21H21N5O2S/c27-20(24-28)25-9-11-26(12-10-25)21(29)23-22-14-19-17-7-3-1-5-15(17)13-16-6-2-4-8-18(16)19/h1-8,13-14,28H,9-12H2,(H,23,29)(H,24,27)/b22-14+. The molecule has 7 nitrogen and oxygen atoms in total. The average molecular weight is 407 g/mol. The van der Waals surface area contributed by atoms with Gasteiger partial charge in [-0.2, -0.15) is 5.10 Å². The lowest BCUT2D eigenvalue weighted by Gasteiger charge is -2.35. The van der Waals surface area contributed by atoms with Gasteiger partial charge < -0.3 is 9.80 Å². The molecule has 0 radical (unpaired) electrons. The van der Waals surface area contributed by atoms with E-state index in [1.54, 1.807) is 5.48 Å². The summed E-state index contributed by atoms with van der Waals surface area (Å²) >= 11 is 5.45. The second kappa shape index (κ2) is 8.42. The number of carbonyl (C=O) groups excluding carboxylic acids is 1. The lowest BCUT2D eigenvalue weighted by molar-refractivity contribution is 0.115. The fraction of sp³-hybridized carbons (Fsp3) is 0.190. The van der Waals surface area contributed by atoms with Gasteiger partial charge in [-0.25, -0.2) is 10.3 Å². The zero-order valence-corrected chi connectivity index (χ0v) is 16.5. The number of hydroxylamine groups is 1. The maximum Gasteiger partial charge on any atom is 0.341 e. The lowest BCUT2D eigenvalue weighted by Crippen LogP contribution is -2.54. The van der Waals surface area contributed by atoms with Crippen molar-refractivity contribution in [3.8, 4) is 0 Å².